The van der Waals surface area contributed by atoms with Crippen LogP contribution in [0.25, 0.3) is 0 Å². The molecule has 0 radical (unpaired) electrons. The summed E-state index contributed by atoms with van der Waals surface area (Å²) in [7, 11) is -2.39. The lowest BCUT2D eigenvalue weighted by Gasteiger charge is -2.50. The molecule has 3 aromatic carbocycles. The van der Waals surface area contributed by atoms with Crippen LogP contribution >= 0.6 is 0 Å². The van der Waals surface area contributed by atoms with E-state index < -0.39 is 8.07 Å². The summed E-state index contributed by atoms with van der Waals surface area (Å²) in [4.78, 5) is 0. The summed E-state index contributed by atoms with van der Waals surface area (Å²) in [5.74, 6) is 0. The second-order valence-corrected chi connectivity index (χ2v) is 14.9. The average molecular weight is 456 g/mol. The van der Waals surface area contributed by atoms with Crippen LogP contribution < -0.4 is 15.7 Å². The van der Waals surface area contributed by atoms with Crippen molar-refractivity contribution in [3.63, 3.8) is 0 Å². The molecule has 0 saturated carbocycles. The highest BCUT2D eigenvalue weighted by atomic mass is 28.3. The van der Waals surface area contributed by atoms with Gasteiger partial charge in [-0.1, -0.05) is 148 Å². The summed E-state index contributed by atoms with van der Waals surface area (Å²) in [6.45, 7) is 12.0. The molecule has 0 amide bonds. The standard InChI is InChI=1S/C31H41NSi/c1-6-8-19-26(18-7-2)30(32-27-20-12-9-13-21-27)33(31(3,4)5,28-22-14-10-15-23-28)29-24-16-11-17-25-29/h9-17,19-25,30,32H,6-8,18H2,1-5H3. The van der Waals surface area contributed by atoms with E-state index in [0.29, 0.717) is 0 Å². The highest BCUT2D eigenvalue weighted by Gasteiger charge is 2.54. The van der Waals surface area contributed by atoms with Gasteiger partial charge in [0.05, 0.1) is 0 Å². The van der Waals surface area contributed by atoms with Crippen molar-refractivity contribution in [3.05, 3.63) is 103 Å². The summed E-state index contributed by atoms with van der Waals surface area (Å²) >= 11 is 0. The monoisotopic (exact) mass is 455 g/mol. The number of anilines is 1. The normalized spacial score (nSPS) is 13.5. The second-order valence-electron chi connectivity index (χ2n) is 10.1. The number of rotatable bonds is 10. The van der Waals surface area contributed by atoms with Gasteiger partial charge in [0.2, 0.25) is 0 Å². The lowest BCUT2D eigenvalue weighted by molar-refractivity contribution is 0.707. The molecule has 3 aromatic rings. The van der Waals surface area contributed by atoms with E-state index in [2.05, 4.69) is 137 Å². The predicted molar refractivity (Wildman–Crippen MR) is 149 cm³/mol. The van der Waals surface area contributed by atoms with E-state index in [1.54, 1.807) is 5.57 Å². The Labute approximate surface area is 203 Å². The van der Waals surface area contributed by atoms with Crippen LogP contribution in [0.3, 0.4) is 0 Å². The van der Waals surface area contributed by atoms with Gasteiger partial charge in [0.15, 0.2) is 8.07 Å². The molecule has 0 spiro atoms. The molecule has 0 heterocycles. The van der Waals surface area contributed by atoms with Crippen molar-refractivity contribution in [1.82, 2.24) is 0 Å². The molecule has 0 aliphatic heterocycles. The zero-order chi connectivity index (χ0) is 23.7. The maximum Gasteiger partial charge on any atom is 0.150 e. The summed E-state index contributed by atoms with van der Waals surface area (Å²) < 4.78 is 0. The number of allylic oxidation sites excluding steroid dienone is 1. The Morgan fingerprint density at radius 3 is 1.67 bits per heavy atom. The minimum Gasteiger partial charge on any atom is -0.380 e. The van der Waals surface area contributed by atoms with Gasteiger partial charge in [0.1, 0.15) is 0 Å². The van der Waals surface area contributed by atoms with Gasteiger partial charge in [-0.2, -0.15) is 0 Å². The zero-order valence-electron chi connectivity index (χ0n) is 21.1. The first-order chi connectivity index (χ1) is 15.9. The quantitative estimate of drug-likeness (QED) is 0.245. The van der Waals surface area contributed by atoms with Gasteiger partial charge < -0.3 is 5.32 Å². The average Bonchev–Trinajstić information content (AvgIpc) is 2.83. The fourth-order valence-electron chi connectivity index (χ4n) is 5.36. The molecule has 1 nitrogen and oxygen atoms in total. The molecule has 1 unspecified atom stereocenters. The van der Waals surface area contributed by atoms with E-state index in [-0.39, 0.29) is 10.7 Å². The molecule has 0 fully saturated rings. The number of hydrogen-bond acceptors (Lipinski definition) is 1. The van der Waals surface area contributed by atoms with Crippen LogP contribution in [-0.2, 0) is 0 Å². The summed E-state index contributed by atoms with van der Waals surface area (Å²) in [5, 5.41) is 7.19. The molecule has 0 aliphatic rings. The van der Waals surface area contributed by atoms with Gasteiger partial charge in [-0.25, -0.2) is 0 Å². The van der Waals surface area contributed by atoms with Crippen molar-refractivity contribution in [2.45, 2.75) is 71.0 Å². The van der Waals surface area contributed by atoms with Gasteiger partial charge in [-0.05, 0) is 30.0 Å². The van der Waals surface area contributed by atoms with Crippen molar-refractivity contribution < 1.29 is 0 Å². The van der Waals surface area contributed by atoms with E-state index in [9.17, 15) is 0 Å². The molecule has 3 rings (SSSR count). The molecule has 1 atom stereocenters. The Balaban J connectivity index is 2.38. The second kappa shape index (κ2) is 11.5. The lowest BCUT2D eigenvalue weighted by atomic mass is 10.1. The first-order valence-electron chi connectivity index (χ1n) is 12.6. The van der Waals surface area contributed by atoms with Crippen LogP contribution in [0.5, 0.6) is 0 Å². The Morgan fingerprint density at radius 1 is 0.758 bits per heavy atom. The topological polar surface area (TPSA) is 12.0 Å². The van der Waals surface area contributed by atoms with Crippen LogP contribution in [0.15, 0.2) is 103 Å². The van der Waals surface area contributed by atoms with Crippen LogP contribution in [0.1, 0.15) is 60.3 Å². The number of benzene rings is 3. The van der Waals surface area contributed by atoms with E-state index >= 15 is 0 Å². The van der Waals surface area contributed by atoms with Crippen LogP contribution in [-0.4, -0.2) is 13.7 Å². The first kappa shape index (κ1) is 25.0. The molecule has 0 saturated heterocycles. The van der Waals surface area contributed by atoms with Gasteiger partial charge >= 0.3 is 0 Å². The first-order valence-corrected chi connectivity index (χ1v) is 14.6. The minimum atomic E-state index is -2.39. The van der Waals surface area contributed by atoms with Gasteiger partial charge in [0.25, 0.3) is 0 Å². The maximum atomic E-state index is 4.11. The molecule has 0 aliphatic carbocycles. The van der Waals surface area contributed by atoms with Crippen molar-refractivity contribution in [1.29, 1.82) is 0 Å². The third-order valence-corrected chi connectivity index (χ3v) is 13.0. The summed E-state index contributed by atoms with van der Waals surface area (Å²) in [6, 6.07) is 33.5. The van der Waals surface area contributed by atoms with Crippen molar-refractivity contribution in [3.8, 4) is 0 Å². The van der Waals surface area contributed by atoms with Gasteiger partial charge in [-0.3, -0.25) is 0 Å². The molecule has 33 heavy (non-hydrogen) atoms. The zero-order valence-corrected chi connectivity index (χ0v) is 22.1. The van der Waals surface area contributed by atoms with Crippen molar-refractivity contribution in [2.75, 3.05) is 5.32 Å². The van der Waals surface area contributed by atoms with Crippen LogP contribution in [0.4, 0.5) is 5.69 Å². The van der Waals surface area contributed by atoms with Crippen molar-refractivity contribution in [2.24, 2.45) is 0 Å². The van der Waals surface area contributed by atoms with Crippen molar-refractivity contribution >= 4 is 24.1 Å². The fraction of sp³-hybridized carbons (Fsp3) is 0.355. The minimum absolute atomic E-state index is 0.0845. The summed E-state index contributed by atoms with van der Waals surface area (Å²) in [5.41, 5.74) is 3.03. The van der Waals surface area contributed by atoms with E-state index in [4.69, 9.17) is 0 Å². The Kier molecular flexibility index (Phi) is 8.74. The third-order valence-electron chi connectivity index (χ3n) is 6.76. The third kappa shape index (κ3) is 5.50. The van der Waals surface area contributed by atoms with Gasteiger partial charge in [0, 0.05) is 11.4 Å². The number of para-hydroxylation sites is 1. The van der Waals surface area contributed by atoms with E-state index in [0.717, 1.165) is 19.3 Å². The number of nitrogens with one attached hydrogen (secondary N) is 1. The Bertz CT molecular complexity index is 948. The van der Waals surface area contributed by atoms with E-state index in [1.165, 1.54) is 22.5 Å². The van der Waals surface area contributed by atoms with Crippen LogP contribution in [0, 0.1) is 0 Å². The molecular weight excluding hydrogens is 414 g/mol. The summed E-state index contributed by atoms with van der Waals surface area (Å²) in [6.07, 6.45) is 7.12. The smallest absolute Gasteiger partial charge is 0.150 e. The predicted octanol–water partition coefficient (Wildman–Crippen LogP) is 7.60. The highest BCUT2D eigenvalue weighted by molar-refractivity contribution is 7.06. The maximum absolute atomic E-state index is 4.11. The molecular formula is C31H41NSi. The molecule has 0 aromatic heterocycles. The van der Waals surface area contributed by atoms with Gasteiger partial charge in [-0.15, -0.1) is 0 Å². The molecule has 1 N–H and O–H groups in total. The molecule has 0 bridgehead atoms. The SMILES string of the molecule is CCCC=C(CCC)C(Nc1ccccc1)[Si](c1ccccc1)(c1ccccc1)C(C)(C)C. The highest BCUT2D eigenvalue weighted by Crippen LogP contribution is 2.42. The van der Waals surface area contributed by atoms with E-state index in [1.807, 2.05) is 0 Å². The largest absolute Gasteiger partial charge is 0.380 e. The molecule has 174 valence electrons. The fourth-order valence-corrected chi connectivity index (χ4v) is 11.6. The number of unbranched alkanes of at least 4 members (excludes halogenated alkanes) is 1. The lowest BCUT2D eigenvalue weighted by Crippen LogP contribution is -2.73. The Morgan fingerprint density at radius 2 is 1.24 bits per heavy atom. The Hall–Kier alpha value is -2.58. The van der Waals surface area contributed by atoms with Crippen LogP contribution in [0.2, 0.25) is 5.04 Å². The number of hydrogen-bond donors (Lipinski definition) is 1. The molecule has 2 heteroatoms.